The highest BCUT2D eigenvalue weighted by molar-refractivity contribution is 7.98. The van der Waals surface area contributed by atoms with Gasteiger partial charge < -0.3 is 5.73 Å². The third-order valence-electron chi connectivity index (χ3n) is 3.33. The van der Waals surface area contributed by atoms with E-state index in [2.05, 4.69) is 4.72 Å². The highest BCUT2D eigenvalue weighted by Gasteiger charge is 2.40. The first kappa shape index (κ1) is 10.8. The van der Waals surface area contributed by atoms with E-state index in [0.717, 1.165) is 11.8 Å². The van der Waals surface area contributed by atoms with Crippen molar-refractivity contribution in [2.45, 2.75) is 37.4 Å². The molecule has 2 aliphatic carbocycles. The average Bonchev–Trinajstić information content (AvgIpc) is 2.74. The normalized spacial score (nSPS) is 32.9. The fourth-order valence-corrected chi connectivity index (χ4v) is 3.83. The second kappa shape index (κ2) is 4.43. The van der Waals surface area contributed by atoms with E-state index in [1.165, 1.54) is 37.6 Å². The second-order valence-corrected chi connectivity index (χ2v) is 5.54. The molecular formula is C10H16N2O2S. The molecule has 0 aromatic heterocycles. The molecule has 3 unspecified atom stereocenters. The number of rotatable bonds is 4. The molecular weight excluding hydrogens is 212 g/mol. The summed E-state index contributed by atoms with van der Waals surface area (Å²) < 4.78 is 2.72. The molecule has 0 aromatic rings. The number of hydrogen-bond donors (Lipinski definition) is 2. The minimum Gasteiger partial charge on any atom is -0.369 e. The lowest BCUT2D eigenvalue weighted by Crippen LogP contribution is -2.27. The molecule has 0 heterocycles. The number of nitrogens with two attached hydrogens (primary N) is 1. The molecule has 2 amide bonds. The predicted octanol–water partition coefficient (Wildman–Crippen LogP) is 0.815. The van der Waals surface area contributed by atoms with Crippen molar-refractivity contribution < 1.29 is 9.59 Å². The molecule has 2 saturated carbocycles. The van der Waals surface area contributed by atoms with Gasteiger partial charge in [-0.3, -0.25) is 14.3 Å². The summed E-state index contributed by atoms with van der Waals surface area (Å²) in [7, 11) is 0. The van der Waals surface area contributed by atoms with Gasteiger partial charge in [0.05, 0.1) is 0 Å². The van der Waals surface area contributed by atoms with Crippen LogP contribution in [0, 0.1) is 11.8 Å². The summed E-state index contributed by atoms with van der Waals surface area (Å²) in [5.41, 5.74) is 4.93. The van der Waals surface area contributed by atoms with Crippen LogP contribution in [-0.4, -0.2) is 17.1 Å². The minimum atomic E-state index is -0.568. The van der Waals surface area contributed by atoms with Gasteiger partial charge in [-0.15, -0.1) is 0 Å². The van der Waals surface area contributed by atoms with Crippen molar-refractivity contribution >= 4 is 23.8 Å². The Hall–Kier alpha value is -0.710. The molecule has 3 atom stereocenters. The van der Waals surface area contributed by atoms with E-state index in [9.17, 15) is 9.59 Å². The Morgan fingerprint density at radius 1 is 1.33 bits per heavy atom. The molecule has 2 bridgehead atoms. The molecule has 0 saturated heterocycles. The van der Waals surface area contributed by atoms with E-state index in [-0.39, 0.29) is 12.3 Å². The Morgan fingerprint density at radius 2 is 2.13 bits per heavy atom. The number of primary amides is 1. The van der Waals surface area contributed by atoms with Crippen LogP contribution in [0.5, 0.6) is 0 Å². The number of nitrogens with one attached hydrogen (secondary N) is 1. The summed E-state index contributed by atoms with van der Waals surface area (Å²) in [6, 6.07) is 0. The van der Waals surface area contributed by atoms with Crippen LogP contribution in [0.3, 0.4) is 0 Å². The van der Waals surface area contributed by atoms with Crippen LogP contribution in [0.15, 0.2) is 0 Å². The third-order valence-corrected chi connectivity index (χ3v) is 4.56. The summed E-state index contributed by atoms with van der Waals surface area (Å²) in [5, 5.41) is 0.556. The molecule has 2 fully saturated rings. The molecule has 15 heavy (non-hydrogen) atoms. The summed E-state index contributed by atoms with van der Waals surface area (Å²) in [6.07, 6.45) is 4.99. The first-order valence-corrected chi connectivity index (χ1v) is 6.26. The minimum absolute atomic E-state index is 0.201. The highest BCUT2D eigenvalue weighted by atomic mass is 32.2. The van der Waals surface area contributed by atoms with Gasteiger partial charge in [0.15, 0.2) is 0 Å². The number of amides is 2. The molecule has 0 radical (unpaired) electrons. The maximum absolute atomic E-state index is 11.2. The van der Waals surface area contributed by atoms with E-state index in [1.807, 2.05) is 0 Å². The largest absolute Gasteiger partial charge is 0.369 e. The van der Waals surface area contributed by atoms with Crippen molar-refractivity contribution in [3.8, 4) is 0 Å². The van der Waals surface area contributed by atoms with Gasteiger partial charge in [-0.1, -0.05) is 6.42 Å². The Morgan fingerprint density at radius 3 is 2.67 bits per heavy atom. The van der Waals surface area contributed by atoms with E-state index in [4.69, 9.17) is 5.73 Å². The molecule has 2 aliphatic rings. The third kappa shape index (κ3) is 2.65. The molecule has 3 N–H and O–H groups in total. The number of carbonyl (C=O) groups is 2. The predicted molar refractivity (Wildman–Crippen MR) is 58.8 cm³/mol. The highest BCUT2D eigenvalue weighted by Crippen LogP contribution is 2.48. The summed E-state index contributed by atoms with van der Waals surface area (Å²) in [6.45, 7) is 0. The van der Waals surface area contributed by atoms with E-state index >= 15 is 0 Å². The van der Waals surface area contributed by atoms with E-state index < -0.39 is 5.91 Å². The van der Waals surface area contributed by atoms with Crippen molar-refractivity contribution in [3.05, 3.63) is 0 Å². The molecule has 5 heteroatoms. The zero-order chi connectivity index (χ0) is 10.8. The lowest BCUT2D eigenvalue weighted by atomic mass is 10.0. The maximum atomic E-state index is 11.2. The molecule has 0 aliphatic heterocycles. The van der Waals surface area contributed by atoms with Crippen LogP contribution < -0.4 is 10.5 Å². The SMILES string of the molecule is NC(=O)CC(=O)NSC1CC2CCC1C2. The topological polar surface area (TPSA) is 72.2 Å². The van der Waals surface area contributed by atoms with Crippen molar-refractivity contribution in [1.29, 1.82) is 0 Å². The molecule has 0 aromatic carbocycles. The Labute approximate surface area is 93.5 Å². The van der Waals surface area contributed by atoms with Crippen LogP contribution in [0.25, 0.3) is 0 Å². The second-order valence-electron chi connectivity index (χ2n) is 4.50. The number of carbonyl (C=O) groups excluding carboxylic acids is 2. The summed E-state index contributed by atoms with van der Waals surface area (Å²) >= 11 is 1.49. The molecule has 0 spiro atoms. The van der Waals surface area contributed by atoms with Crippen LogP contribution >= 0.6 is 11.9 Å². The average molecular weight is 228 g/mol. The standard InChI is InChI=1S/C10H16N2O2S/c11-9(13)5-10(14)12-15-8-4-6-1-2-7(8)3-6/h6-8H,1-5H2,(H2,11,13)(H,12,14). The zero-order valence-electron chi connectivity index (χ0n) is 8.57. The Bertz CT molecular complexity index is 283. The van der Waals surface area contributed by atoms with Crippen molar-refractivity contribution in [3.63, 3.8) is 0 Å². The number of fused-ring (bicyclic) bond motifs is 2. The Balaban J connectivity index is 1.70. The smallest absolute Gasteiger partial charge is 0.239 e. The zero-order valence-corrected chi connectivity index (χ0v) is 9.39. The van der Waals surface area contributed by atoms with E-state index in [0.29, 0.717) is 5.25 Å². The monoisotopic (exact) mass is 228 g/mol. The van der Waals surface area contributed by atoms with Gasteiger partial charge in [0.25, 0.3) is 0 Å². The van der Waals surface area contributed by atoms with Gasteiger partial charge >= 0.3 is 0 Å². The summed E-state index contributed by atoms with van der Waals surface area (Å²) in [5.74, 6) is 0.811. The van der Waals surface area contributed by atoms with Crippen LogP contribution in [-0.2, 0) is 9.59 Å². The fraction of sp³-hybridized carbons (Fsp3) is 0.800. The van der Waals surface area contributed by atoms with Crippen LogP contribution in [0.2, 0.25) is 0 Å². The van der Waals surface area contributed by atoms with Gasteiger partial charge in [0.1, 0.15) is 6.42 Å². The van der Waals surface area contributed by atoms with Gasteiger partial charge in [-0.05, 0) is 43.0 Å². The van der Waals surface area contributed by atoms with Gasteiger partial charge in [0, 0.05) is 5.25 Å². The lowest BCUT2D eigenvalue weighted by Gasteiger charge is -2.20. The van der Waals surface area contributed by atoms with Gasteiger partial charge in [-0.25, -0.2) is 0 Å². The van der Waals surface area contributed by atoms with Crippen molar-refractivity contribution in [2.24, 2.45) is 17.6 Å². The van der Waals surface area contributed by atoms with Crippen molar-refractivity contribution in [2.75, 3.05) is 0 Å². The fourth-order valence-electron chi connectivity index (χ4n) is 2.67. The van der Waals surface area contributed by atoms with E-state index in [1.54, 1.807) is 0 Å². The maximum Gasteiger partial charge on any atom is 0.239 e. The summed E-state index contributed by atoms with van der Waals surface area (Å²) in [4.78, 5) is 21.7. The molecule has 4 nitrogen and oxygen atoms in total. The van der Waals surface area contributed by atoms with Crippen LogP contribution in [0.4, 0.5) is 0 Å². The first-order chi connectivity index (χ1) is 7.15. The van der Waals surface area contributed by atoms with Crippen molar-refractivity contribution in [1.82, 2.24) is 4.72 Å². The quantitative estimate of drug-likeness (QED) is 0.552. The number of hydrogen-bond acceptors (Lipinski definition) is 3. The van der Waals surface area contributed by atoms with Gasteiger partial charge in [0.2, 0.25) is 11.8 Å². The lowest BCUT2D eigenvalue weighted by molar-refractivity contribution is -0.126. The molecule has 84 valence electrons. The van der Waals surface area contributed by atoms with Gasteiger partial charge in [-0.2, -0.15) is 0 Å². The Kier molecular flexibility index (Phi) is 3.19. The first-order valence-electron chi connectivity index (χ1n) is 5.38. The van der Waals surface area contributed by atoms with Crippen LogP contribution in [0.1, 0.15) is 32.1 Å². The molecule has 2 rings (SSSR count).